The Morgan fingerprint density at radius 3 is 2.70 bits per heavy atom. The Morgan fingerprint density at radius 2 is 1.90 bits per heavy atom. The molecule has 0 radical (unpaired) electrons. The number of hydrogen-bond acceptors (Lipinski definition) is 5. The predicted molar refractivity (Wildman–Crippen MR) is 104 cm³/mol. The molecule has 9 heteroatoms. The molecule has 0 spiro atoms. The number of aromatic nitrogens is 3. The van der Waals surface area contributed by atoms with E-state index in [0.717, 1.165) is 30.2 Å². The van der Waals surface area contributed by atoms with Crippen LogP contribution < -0.4 is 10.1 Å². The Kier molecular flexibility index (Phi) is 4.77. The molecule has 2 N–H and O–H groups in total. The van der Waals surface area contributed by atoms with Gasteiger partial charge in [-0.25, -0.2) is 9.97 Å². The zero-order chi connectivity index (χ0) is 20.7. The Bertz CT molecular complexity index is 1050. The molecule has 5 rings (SSSR count). The van der Waals surface area contributed by atoms with Gasteiger partial charge in [0.2, 0.25) is 0 Å². The van der Waals surface area contributed by atoms with Gasteiger partial charge in [0.1, 0.15) is 29.2 Å². The van der Waals surface area contributed by atoms with Gasteiger partial charge in [-0.15, -0.1) is 0 Å². The second kappa shape index (κ2) is 7.46. The van der Waals surface area contributed by atoms with Crippen LogP contribution in [0.3, 0.4) is 0 Å². The summed E-state index contributed by atoms with van der Waals surface area (Å²) < 4.78 is 51.1. The molecule has 1 fully saturated rings. The lowest BCUT2D eigenvalue weighted by Crippen LogP contribution is -2.38. The lowest BCUT2D eigenvalue weighted by atomic mass is 9.77. The summed E-state index contributed by atoms with van der Waals surface area (Å²) in [5, 5.41) is 3.75. The van der Waals surface area contributed by atoms with E-state index in [0.29, 0.717) is 36.9 Å². The number of nitrogens with one attached hydrogen (secondary N) is 2. The van der Waals surface area contributed by atoms with Crippen LogP contribution in [0.2, 0.25) is 0 Å². The van der Waals surface area contributed by atoms with Crippen LogP contribution in [0.25, 0.3) is 11.0 Å². The second-order valence-corrected chi connectivity index (χ2v) is 7.75. The molecule has 1 saturated heterocycles. The summed E-state index contributed by atoms with van der Waals surface area (Å²) in [5.41, 5.74) is 0.302. The molecule has 1 aromatic carbocycles. The van der Waals surface area contributed by atoms with Crippen LogP contribution in [0.4, 0.5) is 19.0 Å². The molecule has 2 aromatic heterocycles. The first-order chi connectivity index (χ1) is 14.5. The van der Waals surface area contributed by atoms with Crippen LogP contribution in [-0.4, -0.2) is 34.8 Å². The number of alkyl halides is 3. The van der Waals surface area contributed by atoms with Gasteiger partial charge in [-0.3, -0.25) is 0 Å². The van der Waals surface area contributed by atoms with Gasteiger partial charge in [-0.05, 0) is 30.9 Å². The molecule has 2 atom stereocenters. The van der Waals surface area contributed by atoms with Crippen LogP contribution in [0.1, 0.15) is 30.1 Å². The third-order valence-corrected chi connectivity index (χ3v) is 6.01. The molecule has 0 amide bonds. The van der Waals surface area contributed by atoms with Gasteiger partial charge in [-0.2, -0.15) is 13.2 Å². The van der Waals surface area contributed by atoms with Gasteiger partial charge in [0.25, 0.3) is 0 Å². The fraction of sp³-hybridized carbons (Fsp3) is 0.429. The van der Waals surface area contributed by atoms with Crippen molar-refractivity contribution in [1.82, 2.24) is 15.0 Å². The highest BCUT2D eigenvalue weighted by atomic mass is 19.4. The number of para-hydroxylation sites is 1. The fourth-order valence-corrected chi connectivity index (χ4v) is 4.47. The predicted octanol–water partition coefficient (Wildman–Crippen LogP) is 4.57. The summed E-state index contributed by atoms with van der Waals surface area (Å²) >= 11 is 0. The van der Waals surface area contributed by atoms with Crippen molar-refractivity contribution < 1.29 is 22.6 Å². The van der Waals surface area contributed by atoms with E-state index in [1.54, 1.807) is 0 Å². The van der Waals surface area contributed by atoms with Crippen molar-refractivity contribution in [3.05, 3.63) is 47.9 Å². The number of anilines is 1. The third kappa shape index (κ3) is 3.47. The SMILES string of the molecule is FC(F)(F)c1cc2c(N[C@H]3c4ccccc4OC[C@@H]3C3CCOCC3)ncnc2[nH]1. The maximum atomic E-state index is 13.2. The lowest BCUT2D eigenvalue weighted by Gasteiger charge is -2.40. The monoisotopic (exact) mass is 418 g/mol. The van der Waals surface area contributed by atoms with E-state index in [1.165, 1.54) is 6.33 Å². The molecule has 30 heavy (non-hydrogen) atoms. The van der Waals surface area contributed by atoms with E-state index in [4.69, 9.17) is 9.47 Å². The summed E-state index contributed by atoms with van der Waals surface area (Å²) in [6.45, 7) is 1.95. The van der Waals surface area contributed by atoms with Gasteiger partial charge in [0.15, 0.2) is 0 Å². The number of rotatable bonds is 3. The average molecular weight is 418 g/mol. The second-order valence-electron chi connectivity index (χ2n) is 7.75. The van der Waals surface area contributed by atoms with E-state index in [-0.39, 0.29) is 17.6 Å². The molecule has 4 heterocycles. The number of halogens is 3. The Morgan fingerprint density at radius 1 is 1.10 bits per heavy atom. The molecule has 158 valence electrons. The quantitative estimate of drug-likeness (QED) is 0.652. The highest BCUT2D eigenvalue weighted by Crippen LogP contribution is 2.43. The summed E-state index contributed by atoms with van der Waals surface area (Å²) in [6.07, 6.45) is -1.35. The minimum Gasteiger partial charge on any atom is -0.493 e. The number of fused-ring (bicyclic) bond motifs is 2. The van der Waals surface area contributed by atoms with E-state index < -0.39 is 11.9 Å². The Balaban J connectivity index is 1.54. The van der Waals surface area contributed by atoms with E-state index in [9.17, 15) is 13.2 Å². The number of ether oxygens (including phenoxy) is 2. The normalized spacial score (nSPS) is 22.5. The van der Waals surface area contributed by atoms with E-state index >= 15 is 0 Å². The first-order valence-corrected chi connectivity index (χ1v) is 9.97. The van der Waals surface area contributed by atoms with Crippen molar-refractivity contribution >= 4 is 16.9 Å². The number of H-pyrrole nitrogens is 1. The fourth-order valence-electron chi connectivity index (χ4n) is 4.47. The zero-order valence-corrected chi connectivity index (χ0v) is 16.1. The molecule has 0 saturated carbocycles. The number of benzene rings is 1. The van der Waals surface area contributed by atoms with Gasteiger partial charge >= 0.3 is 6.18 Å². The molecule has 0 aliphatic carbocycles. The van der Waals surface area contributed by atoms with Crippen molar-refractivity contribution in [2.24, 2.45) is 11.8 Å². The molecule has 0 bridgehead atoms. The van der Waals surface area contributed by atoms with Crippen molar-refractivity contribution in [3.63, 3.8) is 0 Å². The van der Waals surface area contributed by atoms with Crippen molar-refractivity contribution in [2.75, 3.05) is 25.1 Å². The average Bonchev–Trinajstić information content (AvgIpc) is 3.21. The molecule has 2 aliphatic heterocycles. The topological polar surface area (TPSA) is 72.1 Å². The van der Waals surface area contributed by atoms with Gasteiger partial charge in [0, 0.05) is 24.7 Å². The van der Waals surface area contributed by atoms with Crippen LogP contribution in [-0.2, 0) is 10.9 Å². The Labute approximate surface area is 170 Å². The Hall–Kier alpha value is -2.81. The van der Waals surface area contributed by atoms with Crippen molar-refractivity contribution in [2.45, 2.75) is 25.1 Å². The summed E-state index contributed by atoms with van der Waals surface area (Å²) in [7, 11) is 0. The van der Waals surface area contributed by atoms with Gasteiger partial charge in [0.05, 0.1) is 18.0 Å². The highest BCUT2D eigenvalue weighted by Gasteiger charge is 2.38. The molecular weight excluding hydrogens is 397 g/mol. The molecular formula is C21H21F3N4O2. The van der Waals surface area contributed by atoms with Crippen LogP contribution in [0.15, 0.2) is 36.7 Å². The minimum absolute atomic E-state index is 0.139. The maximum Gasteiger partial charge on any atom is 0.431 e. The third-order valence-electron chi connectivity index (χ3n) is 6.01. The van der Waals surface area contributed by atoms with Gasteiger partial charge in [-0.1, -0.05) is 18.2 Å². The zero-order valence-electron chi connectivity index (χ0n) is 16.1. The maximum absolute atomic E-state index is 13.2. The standard InChI is InChI=1S/C21H21F3N4O2/c22-21(23,24)17-9-14-19(27-17)25-11-26-20(14)28-18-13-3-1-2-4-16(13)30-10-15(18)12-5-7-29-8-6-12/h1-4,9,11-12,15,18H,5-8,10H2,(H2,25,26,27,28)/t15-,18+/m1/s1. The number of aromatic amines is 1. The molecule has 2 aliphatic rings. The number of hydrogen-bond donors (Lipinski definition) is 2. The van der Waals surface area contributed by atoms with Crippen LogP contribution in [0, 0.1) is 11.8 Å². The van der Waals surface area contributed by atoms with E-state index in [1.807, 2.05) is 24.3 Å². The van der Waals surface area contributed by atoms with Crippen LogP contribution in [0.5, 0.6) is 5.75 Å². The first-order valence-electron chi connectivity index (χ1n) is 9.97. The van der Waals surface area contributed by atoms with Gasteiger partial charge < -0.3 is 19.8 Å². The molecule has 0 unspecified atom stereocenters. The highest BCUT2D eigenvalue weighted by molar-refractivity contribution is 5.88. The van der Waals surface area contributed by atoms with Crippen LogP contribution >= 0.6 is 0 Å². The van der Waals surface area contributed by atoms with E-state index in [2.05, 4.69) is 20.3 Å². The lowest BCUT2D eigenvalue weighted by molar-refractivity contribution is -0.140. The summed E-state index contributed by atoms with van der Waals surface area (Å²) in [4.78, 5) is 10.6. The summed E-state index contributed by atoms with van der Waals surface area (Å²) in [5.74, 6) is 1.70. The van der Waals surface area contributed by atoms with Crippen molar-refractivity contribution in [1.29, 1.82) is 0 Å². The van der Waals surface area contributed by atoms with Crippen molar-refractivity contribution in [3.8, 4) is 5.75 Å². The molecule has 6 nitrogen and oxygen atoms in total. The largest absolute Gasteiger partial charge is 0.493 e. The minimum atomic E-state index is -4.48. The summed E-state index contributed by atoms with van der Waals surface area (Å²) in [6, 6.07) is 8.69. The molecule has 3 aromatic rings. The number of nitrogens with zero attached hydrogens (tertiary/aromatic N) is 2. The smallest absolute Gasteiger partial charge is 0.431 e. The first kappa shape index (κ1) is 19.2.